The van der Waals surface area contributed by atoms with E-state index in [9.17, 15) is 20.0 Å². The van der Waals surface area contributed by atoms with Gasteiger partial charge in [0.25, 0.3) is 5.69 Å². The summed E-state index contributed by atoms with van der Waals surface area (Å²) in [6.45, 7) is 6.84. The summed E-state index contributed by atoms with van der Waals surface area (Å²) in [5, 5.41) is 20.6. The summed E-state index contributed by atoms with van der Waals surface area (Å²) in [6, 6.07) is 23.9. The number of carboxylic acid groups (broad SMARTS) is 1. The predicted octanol–water partition coefficient (Wildman–Crippen LogP) is 5.34. The number of aliphatic carboxylic acids is 1. The van der Waals surface area contributed by atoms with Gasteiger partial charge in [0.15, 0.2) is 0 Å². The van der Waals surface area contributed by atoms with Crippen LogP contribution in [0.5, 0.6) is 0 Å². The minimum Gasteiger partial charge on any atom is -0.481 e. The van der Waals surface area contributed by atoms with E-state index in [0.29, 0.717) is 30.1 Å². The third-order valence-corrected chi connectivity index (χ3v) is 5.43. The summed E-state index contributed by atoms with van der Waals surface area (Å²) < 4.78 is 0. The lowest BCUT2D eigenvalue weighted by atomic mass is 10.1. The van der Waals surface area contributed by atoms with Crippen LogP contribution in [0.1, 0.15) is 28.7 Å². The van der Waals surface area contributed by atoms with E-state index in [0.717, 1.165) is 16.7 Å². The number of nitro groups is 1. The van der Waals surface area contributed by atoms with Crippen LogP contribution in [0.3, 0.4) is 0 Å². The van der Waals surface area contributed by atoms with Gasteiger partial charge in [0, 0.05) is 36.3 Å². The summed E-state index contributed by atoms with van der Waals surface area (Å²) in [6.07, 6.45) is 0.650. The number of carbonyl (C=O) groups is 1. The van der Waals surface area contributed by atoms with Gasteiger partial charge in [-0.15, -0.1) is 0 Å². The van der Waals surface area contributed by atoms with Crippen molar-refractivity contribution in [1.82, 2.24) is 4.90 Å². The van der Waals surface area contributed by atoms with Crippen LogP contribution in [0.2, 0.25) is 0 Å². The van der Waals surface area contributed by atoms with Gasteiger partial charge < -0.3 is 10.0 Å². The largest absolute Gasteiger partial charge is 0.481 e. The number of carboxylic acids is 1. The van der Waals surface area contributed by atoms with Crippen LogP contribution in [-0.4, -0.2) is 39.8 Å². The third kappa shape index (κ3) is 6.62. The van der Waals surface area contributed by atoms with E-state index in [2.05, 4.69) is 6.58 Å². The summed E-state index contributed by atoms with van der Waals surface area (Å²) in [4.78, 5) is 28.9. The van der Waals surface area contributed by atoms with Gasteiger partial charge in [0.2, 0.25) is 0 Å². The number of rotatable bonds is 10. The highest BCUT2D eigenvalue weighted by Crippen LogP contribution is 2.23. The third-order valence-electron chi connectivity index (χ3n) is 5.43. The molecule has 0 aliphatic rings. The number of non-ortho nitro benzene ring substituents is 1. The average molecular weight is 458 g/mol. The zero-order valence-corrected chi connectivity index (χ0v) is 19.1. The number of benzene rings is 3. The van der Waals surface area contributed by atoms with Crippen molar-refractivity contribution in [2.45, 2.75) is 19.8 Å². The Morgan fingerprint density at radius 2 is 1.74 bits per heavy atom. The number of hydrogen-bond donors (Lipinski definition) is 1. The maximum atomic E-state index is 11.4. The molecular formula is C27H27N3O4. The average Bonchev–Trinajstić information content (AvgIpc) is 2.84. The van der Waals surface area contributed by atoms with Gasteiger partial charge in [-0.2, -0.15) is 0 Å². The lowest BCUT2D eigenvalue weighted by Crippen LogP contribution is -2.36. The fourth-order valence-electron chi connectivity index (χ4n) is 3.58. The molecule has 0 amide bonds. The van der Waals surface area contributed by atoms with Crippen LogP contribution >= 0.6 is 0 Å². The Kier molecular flexibility index (Phi) is 8.29. The number of amidine groups is 1. The molecular weight excluding hydrogens is 430 g/mol. The van der Waals surface area contributed by atoms with Gasteiger partial charge in [0.05, 0.1) is 17.0 Å². The second-order valence-electron chi connectivity index (χ2n) is 7.87. The Balaban J connectivity index is 2.03. The molecule has 7 heteroatoms. The van der Waals surface area contributed by atoms with E-state index in [1.54, 1.807) is 12.1 Å². The minimum absolute atomic E-state index is 0.0434. The molecule has 174 valence electrons. The molecule has 0 radical (unpaired) electrons. The van der Waals surface area contributed by atoms with E-state index in [-0.39, 0.29) is 18.7 Å². The monoisotopic (exact) mass is 457 g/mol. The molecule has 0 unspecified atom stereocenters. The Morgan fingerprint density at radius 3 is 2.41 bits per heavy atom. The molecule has 0 aliphatic heterocycles. The smallest absolute Gasteiger partial charge is 0.305 e. The van der Waals surface area contributed by atoms with Crippen molar-refractivity contribution in [3.8, 4) is 0 Å². The van der Waals surface area contributed by atoms with Crippen LogP contribution in [0.25, 0.3) is 5.70 Å². The molecule has 0 saturated carbocycles. The zero-order valence-electron chi connectivity index (χ0n) is 19.1. The van der Waals surface area contributed by atoms with E-state index in [4.69, 9.17) is 4.99 Å². The van der Waals surface area contributed by atoms with Crippen LogP contribution in [0.4, 0.5) is 5.69 Å². The van der Waals surface area contributed by atoms with Crippen molar-refractivity contribution >= 4 is 23.2 Å². The van der Waals surface area contributed by atoms with Crippen molar-refractivity contribution in [2.75, 3.05) is 13.1 Å². The van der Waals surface area contributed by atoms with Crippen LogP contribution in [0.15, 0.2) is 90.4 Å². The first-order valence-corrected chi connectivity index (χ1v) is 10.9. The van der Waals surface area contributed by atoms with Crippen molar-refractivity contribution in [1.29, 1.82) is 0 Å². The molecule has 0 bridgehead atoms. The van der Waals surface area contributed by atoms with Crippen LogP contribution < -0.4 is 0 Å². The lowest BCUT2D eigenvalue weighted by Gasteiger charge is -2.27. The fraction of sp³-hybridized carbons (Fsp3) is 0.185. The van der Waals surface area contributed by atoms with Gasteiger partial charge in [-0.25, -0.2) is 4.99 Å². The molecule has 3 rings (SSSR count). The van der Waals surface area contributed by atoms with Crippen molar-refractivity contribution in [2.24, 2.45) is 4.99 Å². The topological polar surface area (TPSA) is 96.0 Å². The van der Waals surface area contributed by atoms with E-state index in [1.807, 2.05) is 66.4 Å². The molecule has 0 aromatic heterocycles. The molecule has 3 aromatic rings. The predicted molar refractivity (Wildman–Crippen MR) is 134 cm³/mol. The Bertz CT molecular complexity index is 1210. The highest BCUT2D eigenvalue weighted by Gasteiger charge is 2.18. The highest BCUT2D eigenvalue weighted by molar-refractivity contribution is 6.03. The molecule has 3 aromatic carbocycles. The van der Waals surface area contributed by atoms with Crippen molar-refractivity contribution < 1.29 is 14.8 Å². The van der Waals surface area contributed by atoms with E-state index in [1.165, 1.54) is 12.1 Å². The van der Waals surface area contributed by atoms with Gasteiger partial charge in [-0.05, 0) is 24.5 Å². The summed E-state index contributed by atoms with van der Waals surface area (Å²) in [7, 11) is 0. The Labute approximate surface area is 198 Å². The van der Waals surface area contributed by atoms with Crippen molar-refractivity contribution in [3.63, 3.8) is 0 Å². The Morgan fingerprint density at radius 1 is 1.03 bits per heavy atom. The SMILES string of the molecule is C=C(N=C(c1ccccc1C)N(CCC(=O)O)CCc1ccccc1)c1cccc([N+](=O)[O-])c1. The molecule has 0 atom stereocenters. The summed E-state index contributed by atoms with van der Waals surface area (Å²) in [5.41, 5.74) is 3.81. The molecule has 0 spiro atoms. The maximum absolute atomic E-state index is 11.4. The maximum Gasteiger partial charge on any atom is 0.305 e. The normalized spacial score (nSPS) is 11.1. The molecule has 0 heterocycles. The molecule has 34 heavy (non-hydrogen) atoms. The molecule has 0 aliphatic carbocycles. The molecule has 7 nitrogen and oxygen atoms in total. The standard InChI is InChI=1S/C27H27N3O4/c1-20-9-6-7-14-25(20)27(28-21(2)23-12-8-13-24(19-23)30(33)34)29(18-16-26(31)32)17-15-22-10-4-3-5-11-22/h3-14,19H,2,15-18H2,1H3,(H,31,32). The van der Waals surface area contributed by atoms with Crippen molar-refractivity contribution in [3.05, 3.63) is 118 Å². The first kappa shape index (κ1) is 24.4. The van der Waals surface area contributed by atoms with Gasteiger partial charge in [0.1, 0.15) is 5.84 Å². The Hall–Kier alpha value is -4.26. The fourth-order valence-corrected chi connectivity index (χ4v) is 3.58. The van der Waals surface area contributed by atoms with Gasteiger partial charge >= 0.3 is 5.97 Å². The lowest BCUT2D eigenvalue weighted by molar-refractivity contribution is -0.384. The molecule has 0 saturated heterocycles. The van der Waals surface area contributed by atoms with E-state index < -0.39 is 10.9 Å². The quantitative estimate of drug-likeness (QED) is 0.192. The molecule has 1 N–H and O–H groups in total. The number of aryl methyl sites for hydroxylation is 1. The van der Waals surface area contributed by atoms with Crippen LogP contribution in [-0.2, 0) is 11.2 Å². The minimum atomic E-state index is -0.897. The summed E-state index contributed by atoms with van der Waals surface area (Å²) >= 11 is 0. The van der Waals surface area contributed by atoms with E-state index >= 15 is 0 Å². The first-order chi connectivity index (χ1) is 16.3. The number of nitrogens with zero attached hydrogens (tertiary/aromatic N) is 3. The zero-order chi connectivity index (χ0) is 24.5. The van der Waals surface area contributed by atoms with Crippen LogP contribution in [0, 0.1) is 17.0 Å². The second kappa shape index (κ2) is 11.6. The number of aliphatic imine (C=N–C) groups is 1. The second-order valence-corrected chi connectivity index (χ2v) is 7.87. The number of nitro benzene ring substituents is 1. The van der Waals surface area contributed by atoms with Gasteiger partial charge in [-0.3, -0.25) is 14.9 Å². The molecule has 0 fully saturated rings. The van der Waals surface area contributed by atoms with Gasteiger partial charge in [-0.1, -0.05) is 73.3 Å². The summed E-state index contributed by atoms with van der Waals surface area (Å²) in [5.74, 6) is -0.307. The highest BCUT2D eigenvalue weighted by atomic mass is 16.6. The first-order valence-electron chi connectivity index (χ1n) is 10.9. The number of hydrogen-bond acceptors (Lipinski definition) is 4.